The van der Waals surface area contributed by atoms with Gasteiger partial charge in [-0.2, -0.15) is 5.10 Å². The van der Waals surface area contributed by atoms with Crippen LogP contribution in [0.5, 0.6) is 0 Å². The van der Waals surface area contributed by atoms with Crippen molar-refractivity contribution < 1.29 is 4.74 Å². The molecular weight excluding hydrogens is 190 g/mol. The third-order valence-corrected chi connectivity index (χ3v) is 2.96. The van der Waals surface area contributed by atoms with Gasteiger partial charge in [-0.05, 0) is 18.9 Å². The second kappa shape index (κ2) is 4.77. The summed E-state index contributed by atoms with van der Waals surface area (Å²) in [5, 5.41) is 4.37. The molecule has 2 heterocycles. The molecule has 1 atom stereocenters. The molecule has 0 spiro atoms. The lowest BCUT2D eigenvalue weighted by atomic mass is 10.3. The zero-order valence-corrected chi connectivity index (χ0v) is 9.52. The Morgan fingerprint density at radius 1 is 1.60 bits per heavy atom. The molecule has 1 aromatic heterocycles. The van der Waals surface area contributed by atoms with Gasteiger partial charge in [0.25, 0.3) is 0 Å². The van der Waals surface area contributed by atoms with Crippen LogP contribution in [0.3, 0.4) is 0 Å². The minimum Gasteiger partial charge on any atom is -0.383 e. The fraction of sp³-hybridized carbons (Fsp3) is 0.727. The van der Waals surface area contributed by atoms with Gasteiger partial charge in [-0.15, -0.1) is 0 Å². The number of nitrogens with zero attached hydrogens (tertiary/aromatic N) is 3. The van der Waals surface area contributed by atoms with Crippen molar-refractivity contribution in [2.75, 3.05) is 33.4 Å². The maximum atomic E-state index is 5.08. The van der Waals surface area contributed by atoms with Gasteiger partial charge in [0.05, 0.1) is 18.8 Å². The highest BCUT2D eigenvalue weighted by Gasteiger charge is 2.23. The predicted molar refractivity (Wildman–Crippen MR) is 58.9 cm³/mol. The van der Waals surface area contributed by atoms with Crippen molar-refractivity contribution >= 4 is 0 Å². The van der Waals surface area contributed by atoms with Crippen LogP contribution in [0.4, 0.5) is 0 Å². The van der Waals surface area contributed by atoms with Gasteiger partial charge < -0.3 is 4.74 Å². The van der Waals surface area contributed by atoms with Gasteiger partial charge in [0.1, 0.15) is 0 Å². The van der Waals surface area contributed by atoms with Crippen LogP contribution >= 0.6 is 0 Å². The van der Waals surface area contributed by atoms with Gasteiger partial charge in [-0.25, -0.2) is 0 Å². The number of rotatable bonds is 4. The average molecular weight is 209 g/mol. The molecular formula is C11H19N3O. The van der Waals surface area contributed by atoms with Crippen LogP contribution < -0.4 is 0 Å². The minimum atomic E-state index is 0.551. The van der Waals surface area contributed by atoms with E-state index in [2.05, 4.69) is 27.8 Å². The van der Waals surface area contributed by atoms with Crippen molar-refractivity contribution in [3.63, 3.8) is 0 Å². The second-order valence-electron chi connectivity index (χ2n) is 4.23. The smallest absolute Gasteiger partial charge is 0.0658 e. The number of likely N-dealkylation sites (tertiary alicyclic amines) is 1. The number of aromatic nitrogens is 2. The molecule has 1 saturated heterocycles. The fourth-order valence-electron chi connectivity index (χ4n) is 2.08. The molecule has 15 heavy (non-hydrogen) atoms. The number of hydrogen-bond acceptors (Lipinski definition) is 3. The number of ether oxygens (including phenoxy) is 1. The Morgan fingerprint density at radius 3 is 3.13 bits per heavy atom. The highest BCUT2D eigenvalue weighted by atomic mass is 16.5. The third-order valence-electron chi connectivity index (χ3n) is 2.96. The van der Waals surface area contributed by atoms with Crippen LogP contribution in [-0.2, 0) is 4.74 Å². The minimum absolute atomic E-state index is 0.551. The van der Waals surface area contributed by atoms with Gasteiger partial charge in [0, 0.05) is 32.9 Å². The average Bonchev–Trinajstić information content (AvgIpc) is 2.83. The standard InChI is InChI=1S/C11H19N3O/c1-10-7-12-14(8-10)11-3-4-13(9-11)5-6-15-2/h7-8,11H,3-6,9H2,1-2H3. The van der Waals surface area contributed by atoms with Crippen molar-refractivity contribution in [2.24, 2.45) is 0 Å². The summed E-state index contributed by atoms with van der Waals surface area (Å²) in [5.41, 5.74) is 1.24. The lowest BCUT2D eigenvalue weighted by molar-refractivity contribution is 0.158. The molecule has 0 aromatic carbocycles. The fourth-order valence-corrected chi connectivity index (χ4v) is 2.08. The third kappa shape index (κ3) is 2.58. The van der Waals surface area contributed by atoms with Gasteiger partial charge in [0.2, 0.25) is 0 Å². The van der Waals surface area contributed by atoms with Crippen LogP contribution in [0, 0.1) is 6.92 Å². The van der Waals surface area contributed by atoms with E-state index in [1.165, 1.54) is 12.0 Å². The first kappa shape index (κ1) is 10.6. The Bertz CT molecular complexity index is 311. The molecule has 1 fully saturated rings. The van der Waals surface area contributed by atoms with Crippen molar-refractivity contribution in [1.82, 2.24) is 14.7 Å². The summed E-state index contributed by atoms with van der Waals surface area (Å²) in [5.74, 6) is 0. The van der Waals surface area contributed by atoms with E-state index in [9.17, 15) is 0 Å². The molecule has 0 N–H and O–H groups in total. The Hall–Kier alpha value is -0.870. The molecule has 1 aromatic rings. The van der Waals surface area contributed by atoms with E-state index in [-0.39, 0.29) is 0 Å². The lowest BCUT2D eigenvalue weighted by Gasteiger charge is -2.15. The Balaban J connectivity index is 1.87. The molecule has 0 radical (unpaired) electrons. The predicted octanol–water partition coefficient (Wildman–Crippen LogP) is 1.08. The summed E-state index contributed by atoms with van der Waals surface area (Å²) in [7, 11) is 1.75. The van der Waals surface area contributed by atoms with Crippen LogP contribution in [0.25, 0.3) is 0 Å². The Labute approximate surface area is 90.8 Å². The number of hydrogen-bond donors (Lipinski definition) is 0. The largest absolute Gasteiger partial charge is 0.383 e. The maximum Gasteiger partial charge on any atom is 0.0658 e. The molecule has 1 aliphatic heterocycles. The first-order valence-corrected chi connectivity index (χ1v) is 5.51. The molecule has 4 heteroatoms. The lowest BCUT2D eigenvalue weighted by Crippen LogP contribution is -2.25. The van der Waals surface area contributed by atoms with E-state index in [1.54, 1.807) is 7.11 Å². The molecule has 2 rings (SSSR count). The summed E-state index contributed by atoms with van der Waals surface area (Å²) in [4.78, 5) is 2.44. The van der Waals surface area contributed by atoms with Crippen LogP contribution in [-0.4, -0.2) is 48.0 Å². The zero-order valence-electron chi connectivity index (χ0n) is 9.52. The van der Waals surface area contributed by atoms with E-state index in [4.69, 9.17) is 4.74 Å². The molecule has 84 valence electrons. The summed E-state index contributed by atoms with van der Waals surface area (Å²) < 4.78 is 7.18. The first-order chi connectivity index (χ1) is 7.29. The SMILES string of the molecule is COCCN1CCC(n2cc(C)cn2)C1. The maximum absolute atomic E-state index is 5.08. The van der Waals surface area contributed by atoms with Gasteiger partial charge >= 0.3 is 0 Å². The summed E-state index contributed by atoms with van der Waals surface area (Å²) in [6.45, 7) is 6.21. The molecule has 1 aliphatic rings. The first-order valence-electron chi connectivity index (χ1n) is 5.51. The molecule has 0 bridgehead atoms. The van der Waals surface area contributed by atoms with E-state index in [1.807, 2.05) is 6.20 Å². The summed E-state index contributed by atoms with van der Waals surface area (Å²) in [6, 6.07) is 0.551. The summed E-state index contributed by atoms with van der Waals surface area (Å²) in [6.07, 6.45) is 5.26. The highest BCUT2D eigenvalue weighted by Crippen LogP contribution is 2.20. The van der Waals surface area contributed by atoms with E-state index < -0.39 is 0 Å². The van der Waals surface area contributed by atoms with Crippen molar-refractivity contribution in [3.8, 4) is 0 Å². The van der Waals surface area contributed by atoms with Crippen LogP contribution in [0.1, 0.15) is 18.0 Å². The second-order valence-corrected chi connectivity index (χ2v) is 4.23. The quantitative estimate of drug-likeness (QED) is 0.743. The molecule has 0 saturated carbocycles. The molecule has 0 aliphatic carbocycles. The van der Waals surface area contributed by atoms with Gasteiger partial charge in [-0.1, -0.05) is 0 Å². The molecule has 4 nitrogen and oxygen atoms in total. The Morgan fingerprint density at radius 2 is 2.47 bits per heavy atom. The van der Waals surface area contributed by atoms with Crippen molar-refractivity contribution in [3.05, 3.63) is 18.0 Å². The van der Waals surface area contributed by atoms with Gasteiger partial charge in [0.15, 0.2) is 0 Å². The zero-order chi connectivity index (χ0) is 10.7. The Kier molecular flexibility index (Phi) is 3.38. The van der Waals surface area contributed by atoms with Gasteiger partial charge in [-0.3, -0.25) is 9.58 Å². The van der Waals surface area contributed by atoms with Crippen molar-refractivity contribution in [2.45, 2.75) is 19.4 Å². The van der Waals surface area contributed by atoms with E-state index >= 15 is 0 Å². The number of methoxy groups -OCH3 is 1. The van der Waals surface area contributed by atoms with Crippen LogP contribution in [0.15, 0.2) is 12.4 Å². The van der Waals surface area contributed by atoms with Crippen molar-refractivity contribution in [1.29, 1.82) is 0 Å². The molecule has 0 amide bonds. The van der Waals surface area contributed by atoms with E-state index in [0.717, 1.165) is 26.2 Å². The molecule has 1 unspecified atom stereocenters. The normalized spacial score (nSPS) is 22.4. The number of aryl methyl sites for hydroxylation is 1. The van der Waals surface area contributed by atoms with E-state index in [0.29, 0.717) is 6.04 Å². The monoisotopic (exact) mass is 209 g/mol. The highest BCUT2D eigenvalue weighted by molar-refractivity contribution is 5.01. The summed E-state index contributed by atoms with van der Waals surface area (Å²) >= 11 is 0. The van der Waals surface area contributed by atoms with Crippen LogP contribution in [0.2, 0.25) is 0 Å². The topological polar surface area (TPSA) is 30.3 Å².